The van der Waals surface area contributed by atoms with Crippen molar-refractivity contribution in [1.29, 1.82) is 0 Å². The predicted molar refractivity (Wildman–Crippen MR) is 102 cm³/mol. The third kappa shape index (κ3) is 3.71. The number of amides is 2. The van der Waals surface area contributed by atoms with Crippen LogP contribution in [0.3, 0.4) is 0 Å². The molecule has 1 aromatic carbocycles. The lowest BCUT2D eigenvalue weighted by molar-refractivity contribution is 0.0848. The minimum absolute atomic E-state index is 0.0486. The molecule has 0 radical (unpaired) electrons. The number of rotatable bonds is 3. The van der Waals surface area contributed by atoms with Crippen LogP contribution in [-0.4, -0.2) is 49.9 Å². The summed E-state index contributed by atoms with van der Waals surface area (Å²) in [5, 5.41) is 1.03. The van der Waals surface area contributed by atoms with Crippen LogP contribution in [0.25, 0.3) is 0 Å². The molecule has 1 fully saturated rings. The van der Waals surface area contributed by atoms with Crippen molar-refractivity contribution in [3.8, 4) is 11.5 Å². The van der Waals surface area contributed by atoms with Gasteiger partial charge in [-0.3, -0.25) is 20.4 Å². The van der Waals surface area contributed by atoms with E-state index in [1.165, 1.54) is 23.5 Å². The van der Waals surface area contributed by atoms with Gasteiger partial charge in [-0.2, -0.15) is 0 Å². The molecule has 0 aliphatic carbocycles. The van der Waals surface area contributed by atoms with Gasteiger partial charge in [0.05, 0.1) is 23.9 Å². The van der Waals surface area contributed by atoms with Crippen LogP contribution in [0.4, 0.5) is 5.13 Å². The highest BCUT2D eigenvalue weighted by molar-refractivity contribution is 7.17. The lowest BCUT2D eigenvalue weighted by Crippen LogP contribution is -2.41. The van der Waals surface area contributed by atoms with E-state index >= 15 is 0 Å². The number of ether oxygens (including phenoxy) is 3. The van der Waals surface area contributed by atoms with Gasteiger partial charge >= 0.3 is 0 Å². The van der Waals surface area contributed by atoms with E-state index in [0.717, 1.165) is 18.2 Å². The third-order valence-electron chi connectivity index (χ3n) is 4.25. The van der Waals surface area contributed by atoms with E-state index < -0.39 is 11.8 Å². The number of fused-ring (bicyclic) bond motifs is 1. The van der Waals surface area contributed by atoms with Crippen LogP contribution in [0.5, 0.6) is 11.5 Å². The molecule has 1 saturated heterocycles. The molecule has 2 aromatic rings. The Morgan fingerprint density at radius 3 is 2.71 bits per heavy atom. The number of anilines is 1. The number of morpholine rings is 1. The number of carbonyl (C=O) groups is 2. The van der Waals surface area contributed by atoms with E-state index in [2.05, 4.69) is 20.7 Å². The molecule has 2 aliphatic heterocycles. The summed E-state index contributed by atoms with van der Waals surface area (Å²) >= 11 is 7.36. The van der Waals surface area contributed by atoms with Crippen molar-refractivity contribution in [3.63, 3.8) is 0 Å². The Kier molecular flexibility index (Phi) is 5.25. The molecule has 28 heavy (non-hydrogen) atoms. The molecule has 0 atom stereocenters. The van der Waals surface area contributed by atoms with Gasteiger partial charge in [-0.15, -0.1) is 0 Å². The van der Waals surface area contributed by atoms with E-state index in [1.807, 2.05) is 0 Å². The summed E-state index contributed by atoms with van der Waals surface area (Å²) in [6.07, 6.45) is 0. The number of aryl methyl sites for hydroxylation is 1. The van der Waals surface area contributed by atoms with Crippen LogP contribution < -0.4 is 25.2 Å². The minimum Gasteiger partial charge on any atom is -0.454 e. The van der Waals surface area contributed by atoms with E-state index in [4.69, 9.17) is 25.8 Å². The molecule has 0 bridgehead atoms. The number of benzene rings is 1. The minimum atomic E-state index is -0.524. The second-order valence-electron chi connectivity index (χ2n) is 6.11. The molecule has 11 heteroatoms. The molecular formula is C17H17ClN4O5S. The van der Waals surface area contributed by atoms with Gasteiger partial charge in [0.25, 0.3) is 11.8 Å². The van der Waals surface area contributed by atoms with Crippen LogP contribution >= 0.6 is 22.9 Å². The summed E-state index contributed by atoms with van der Waals surface area (Å²) in [5.74, 6) is -0.172. The van der Waals surface area contributed by atoms with E-state index in [0.29, 0.717) is 35.3 Å². The van der Waals surface area contributed by atoms with Gasteiger partial charge in [0, 0.05) is 18.7 Å². The Morgan fingerprint density at radius 1 is 1.18 bits per heavy atom. The summed E-state index contributed by atoms with van der Waals surface area (Å²) in [5.41, 5.74) is 5.64. The van der Waals surface area contributed by atoms with Crippen molar-refractivity contribution < 1.29 is 23.8 Å². The summed E-state index contributed by atoms with van der Waals surface area (Å²) in [6.45, 7) is 4.54. The molecule has 0 spiro atoms. The van der Waals surface area contributed by atoms with Crippen LogP contribution in [0, 0.1) is 6.92 Å². The summed E-state index contributed by atoms with van der Waals surface area (Å²) in [4.78, 5) is 31.8. The van der Waals surface area contributed by atoms with E-state index in [1.54, 1.807) is 6.92 Å². The first kappa shape index (κ1) is 18.8. The highest BCUT2D eigenvalue weighted by atomic mass is 35.5. The zero-order chi connectivity index (χ0) is 19.7. The third-order valence-corrected chi connectivity index (χ3v) is 5.75. The summed E-state index contributed by atoms with van der Waals surface area (Å²) < 4.78 is 15.8. The van der Waals surface area contributed by atoms with Gasteiger partial charge < -0.3 is 19.1 Å². The number of thiazole rings is 1. The van der Waals surface area contributed by atoms with Crippen molar-refractivity contribution in [2.24, 2.45) is 0 Å². The van der Waals surface area contributed by atoms with Gasteiger partial charge in [0.15, 0.2) is 16.6 Å². The summed E-state index contributed by atoms with van der Waals surface area (Å²) in [7, 11) is 0. The largest absolute Gasteiger partial charge is 0.454 e. The molecule has 3 heterocycles. The average molecular weight is 425 g/mol. The number of nitrogens with zero attached hydrogens (tertiary/aromatic N) is 2. The monoisotopic (exact) mass is 424 g/mol. The van der Waals surface area contributed by atoms with Gasteiger partial charge in [-0.05, 0) is 19.1 Å². The van der Waals surface area contributed by atoms with Gasteiger partial charge in [0.1, 0.15) is 4.88 Å². The fraction of sp³-hybridized carbons (Fsp3) is 0.353. The molecule has 2 N–H and O–H groups in total. The lowest BCUT2D eigenvalue weighted by atomic mass is 10.2. The maximum Gasteiger partial charge on any atom is 0.281 e. The molecule has 0 saturated carbocycles. The number of hydrogen-bond acceptors (Lipinski definition) is 8. The van der Waals surface area contributed by atoms with E-state index in [-0.39, 0.29) is 17.4 Å². The molecular weight excluding hydrogens is 408 g/mol. The van der Waals surface area contributed by atoms with Crippen molar-refractivity contribution in [1.82, 2.24) is 15.8 Å². The second-order valence-corrected chi connectivity index (χ2v) is 7.50. The molecule has 9 nitrogen and oxygen atoms in total. The number of halogens is 1. The van der Waals surface area contributed by atoms with Crippen molar-refractivity contribution >= 4 is 39.9 Å². The zero-order valence-electron chi connectivity index (χ0n) is 14.9. The molecule has 2 amide bonds. The van der Waals surface area contributed by atoms with Crippen molar-refractivity contribution in [2.45, 2.75) is 6.92 Å². The number of carbonyl (C=O) groups excluding carboxylic acids is 2. The Labute approximate surface area is 169 Å². The molecule has 2 aliphatic rings. The predicted octanol–water partition coefficient (Wildman–Crippen LogP) is 1.75. The van der Waals surface area contributed by atoms with E-state index in [9.17, 15) is 9.59 Å². The first-order valence-electron chi connectivity index (χ1n) is 8.53. The Hall–Kier alpha value is -2.56. The average Bonchev–Trinajstić information content (AvgIpc) is 3.33. The maximum absolute atomic E-state index is 12.5. The summed E-state index contributed by atoms with van der Waals surface area (Å²) in [6, 6.07) is 2.95. The quantitative estimate of drug-likeness (QED) is 0.723. The van der Waals surface area contributed by atoms with Gasteiger partial charge in [0.2, 0.25) is 6.79 Å². The first-order valence-corrected chi connectivity index (χ1v) is 9.72. The Bertz CT molecular complexity index is 929. The molecule has 1 aromatic heterocycles. The van der Waals surface area contributed by atoms with Crippen LogP contribution in [0.2, 0.25) is 5.02 Å². The first-order chi connectivity index (χ1) is 13.5. The number of nitrogens with one attached hydrogen (secondary N) is 2. The number of hydrazine groups is 1. The SMILES string of the molecule is Cc1nc(N2CCOCC2)sc1C(=O)NNC(=O)c1cc(Cl)c2c(c1)OCO2. The molecule has 4 rings (SSSR count). The van der Waals surface area contributed by atoms with Gasteiger partial charge in [-0.1, -0.05) is 22.9 Å². The lowest BCUT2D eigenvalue weighted by Gasteiger charge is -2.25. The highest BCUT2D eigenvalue weighted by Crippen LogP contribution is 2.39. The standard InChI is InChI=1S/C17H17ClN4O5S/c1-9-14(28-17(19-9)22-2-4-25-5-3-22)16(24)21-20-15(23)10-6-11(18)13-12(7-10)26-8-27-13/h6-7H,2-5,8H2,1H3,(H,20,23)(H,21,24). The zero-order valence-corrected chi connectivity index (χ0v) is 16.5. The Balaban J connectivity index is 1.41. The second kappa shape index (κ2) is 7.82. The normalized spacial score (nSPS) is 15.4. The molecule has 0 unspecified atom stereocenters. The fourth-order valence-electron chi connectivity index (χ4n) is 2.82. The highest BCUT2D eigenvalue weighted by Gasteiger charge is 2.23. The van der Waals surface area contributed by atoms with Crippen molar-refractivity contribution in [3.05, 3.63) is 33.3 Å². The Morgan fingerprint density at radius 2 is 1.93 bits per heavy atom. The number of hydrogen-bond donors (Lipinski definition) is 2. The van der Waals surface area contributed by atoms with Gasteiger partial charge in [-0.25, -0.2) is 4.98 Å². The number of aromatic nitrogens is 1. The van der Waals surface area contributed by atoms with Crippen LogP contribution in [0.1, 0.15) is 25.7 Å². The fourth-order valence-corrected chi connectivity index (χ4v) is 4.10. The van der Waals surface area contributed by atoms with Crippen molar-refractivity contribution in [2.75, 3.05) is 38.0 Å². The topological polar surface area (TPSA) is 102 Å². The molecule has 148 valence electrons. The maximum atomic E-state index is 12.5. The van der Waals surface area contributed by atoms with Crippen LogP contribution in [0.15, 0.2) is 12.1 Å². The van der Waals surface area contributed by atoms with Crippen LogP contribution in [-0.2, 0) is 4.74 Å². The smallest absolute Gasteiger partial charge is 0.281 e.